The zero-order valence-electron chi connectivity index (χ0n) is 11.6. The fourth-order valence-corrected chi connectivity index (χ4v) is 2.99. The Kier molecular flexibility index (Phi) is 4.45. The molecular weight excluding hydrogens is 244 g/mol. The Morgan fingerprint density at radius 1 is 1.47 bits per heavy atom. The van der Waals surface area contributed by atoms with E-state index in [2.05, 4.69) is 17.6 Å². The third-order valence-corrected chi connectivity index (χ3v) is 4.55. The van der Waals surface area contributed by atoms with Crippen LogP contribution in [0.2, 0.25) is 0 Å². The van der Waals surface area contributed by atoms with Crippen LogP contribution in [0.15, 0.2) is 0 Å². The highest BCUT2D eigenvalue weighted by atomic mass is 16.3. The van der Waals surface area contributed by atoms with E-state index in [0.717, 1.165) is 32.1 Å². The maximum Gasteiger partial charge on any atom is 0.225 e. The topological polar surface area (TPSA) is 78.4 Å². The van der Waals surface area contributed by atoms with Crippen molar-refractivity contribution in [3.63, 3.8) is 0 Å². The summed E-state index contributed by atoms with van der Waals surface area (Å²) in [7, 11) is 0. The Bertz CT molecular complexity index is 349. The van der Waals surface area contributed by atoms with Gasteiger partial charge in [0.2, 0.25) is 11.8 Å². The molecule has 0 aromatic rings. The Morgan fingerprint density at radius 3 is 2.68 bits per heavy atom. The van der Waals surface area contributed by atoms with Crippen molar-refractivity contribution >= 4 is 11.8 Å². The minimum Gasteiger partial charge on any atom is -0.388 e. The van der Waals surface area contributed by atoms with Crippen LogP contribution in [-0.2, 0) is 9.59 Å². The molecule has 2 aliphatic rings. The van der Waals surface area contributed by atoms with Gasteiger partial charge >= 0.3 is 0 Å². The van der Waals surface area contributed by atoms with Crippen LogP contribution in [-0.4, -0.2) is 35.6 Å². The van der Waals surface area contributed by atoms with Gasteiger partial charge in [-0.25, -0.2) is 0 Å². The maximum atomic E-state index is 11.9. The van der Waals surface area contributed by atoms with E-state index in [1.54, 1.807) is 0 Å². The van der Waals surface area contributed by atoms with Gasteiger partial charge in [0.05, 0.1) is 11.5 Å². The quantitative estimate of drug-likeness (QED) is 0.697. The number of nitrogens with one attached hydrogen (secondary N) is 2. The molecule has 3 N–H and O–H groups in total. The van der Waals surface area contributed by atoms with Crippen molar-refractivity contribution in [2.75, 3.05) is 13.1 Å². The second-order valence-electron chi connectivity index (χ2n) is 6.00. The van der Waals surface area contributed by atoms with Crippen molar-refractivity contribution in [2.24, 2.45) is 11.8 Å². The minimum absolute atomic E-state index is 0.0673. The second kappa shape index (κ2) is 5.90. The molecule has 1 unspecified atom stereocenters. The summed E-state index contributed by atoms with van der Waals surface area (Å²) in [6.07, 6.45) is 5.01. The molecule has 1 heterocycles. The summed E-state index contributed by atoms with van der Waals surface area (Å²) in [4.78, 5) is 22.9. The van der Waals surface area contributed by atoms with E-state index in [4.69, 9.17) is 0 Å². The Hall–Kier alpha value is -1.10. The lowest BCUT2D eigenvalue weighted by Gasteiger charge is -2.36. The van der Waals surface area contributed by atoms with Crippen LogP contribution >= 0.6 is 0 Å². The molecule has 2 amide bonds. The highest BCUT2D eigenvalue weighted by Gasteiger charge is 2.34. The highest BCUT2D eigenvalue weighted by molar-refractivity contribution is 5.89. The van der Waals surface area contributed by atoms with E-state index in [1.165, 1.54) is 0 Å². The number of amides is 2. The zero-order valence-corrected chi connectivity index (χ0v) is 11.6. The molecular formula is C14H24N2O3. The van der Waals surface area contributed by atoms with E-state index in [-0.39, 0.29) is 24.2 Å². The minimum atomic E-state index is -0.753. The summed E-state index contributed by atoms with van der Waals surface area (Å²) in [5, 5.41) is 15.9. The van der Waals surface area contributed by atoms with Gasteiger partial charge in [0.25, 0.3) is 0 Å². The van der Waals surface area contributed by atoms with Crippen molar-refractivity contribution in [1.29, 1.82) is 0 Å². The van der Waals surface area contributed by atoms with Crippen molar-refractivity contribution in [3.05, 3.63) is 0 Å². The summed E-state index contributed by atoms with van der Waals surface area (Å²) in [6, 6.07) is 0. The van der Waals surface area contributed by atoms with E-state index in [0.29, 0.717) is 19.0 Å². The fourth-order valence-electron chi connectivity index (χ4n) is 2.99. The Balaban J connectivity index is 1.75. The lowest BCUT2D eigenvalue weighted by molar-refractivity contribution is -0.127. The average Bonchev–Trinajstić information content (AvgIpc) is 2.84. The van der Waals surface area contributed by atoms with E-state index in [9.17, 15) is 14.7 Å². The Labute approximate surface area is 114 Å². The molecule has 1 saturated heterocycles. The van der Waals surface area contributed by atoms with Crippen LogP contribution in [0.4, 0.5) is 0 Å². The molecule has 5 heteroatoms. The van der Waals surface area contributed by atoms with Crippen LogP contribution in [0.5, 0.6) is 0 Å². The largest absolute Gasteiger partial charge is 0.388 e. The van der Waals surface area contributed by atoms with E-state index < -0.39 is 5.60 Å². The number of aliphatic hydroxyl groups is 1. The van der Waals surface area contributed by atoms with Gasteiger partial charge in [-0.1, -0.05) is 13.3 Å². The average molecular weight is 268 g/mol. The molecule has 0 aromatic heterocycles. The molecule has 1 saturated carbocycles. The molecule has 1 aliphatic carbocycles. The fraction of sp³-hybridized carbons (Fsp3) is 0.857. The van der Waals surface area contributed by atoms with Gasteiger partial charge in [0, 0.05) is 19.5 Å². The molecule has 2 rings (SSSR count). The lowest BCUT2D eigenvalue weighted by Crippen LogP contribution is -2.47. The molecule has 0 radical (unpaired) electrons. The predicted octanol–water partition coefficient (Wildman–Crippen LogP) is 0.570. The SMILES string of the molecule is CCC1CCC(O)(CNC(=O)C2CNC(=O)C2)CC1. The van der Waals surface area contributed by atoms with Crippen molar-refractivity contribution in [1.82, 2.24) is 10.6 Å². The molecule has 108 valence electrons. The van der Waals surface area contributed by atoms with Crippen molar-refractivity contribution in [3.8, 4) is 0 Å². The molecule has 1 aliphatic heterocycles. The van der Waals surface area contributed by atoms with Crippen LogP contribution in [0.3, 0.4) is 0 Å². The van der Waals surface area contributed by atoms with Gasteiger partial charge in [-0.05, 0) is 31.6 Å². The van der Waals surface area contributed by atoms with Gasteiger partial charge in [0.1, 0.15) is 0 Å². The number of carbonyl (C=O) groups excluding carboxylic acids is 2. The molecule has 0 aromatic carbocycles. The number of rotatable bonds is 4. The molecule has 0 spiro atoms. The summed E-state index contributed by atoms with van der Waals surface area (Å²) in [5.41, 5.74) is -0.753. The second-order valence-corrected chi connectivity index (χ2v) is 6.00. The number of hydrogen-bond acceptors (Lipinski definition) is 3. The normalized spacial score (nSPS) is 34.9. The number of hydrogen-bond donors (Lipinski definition) is 3. The summed E-state index contributed by atoms with van der Waals surface area (Å²) in [5.74, 6) is 0.252. The first-order chi connectivity index (χ1) is 9.02. The maximum absolute atomic E-state index is 11.9. The van der Waals surface area contributed by atoms with Crippen molar-refractivity contribution < 1.29 is 14.7 Å². The molecule has 19 heavy (non-hydrogen) atoms. The summed E-state index contributed by atoms with van der Waals surface area (Å²) in [6.45, 7) is 2.91. The first-order valence-corrected chi connectivity index (χ1v) is 7.29. The molecule has 1 atom stereocenters. The molecule has 2 fully saturated rings. The summed E-state index contributed by atoms with van der Waals surface area (Å²) < 4.78 is 0. The van der Waals surface area contributed by atoms with E-state index in [1.807, 2.05) is 0 Å². The van der Waals surface area contributed by atoms with Crippen LogP contribution in [0, 0.1) is 11.8 Å². The summed E-state index contributed by atoms with van der Waals surface area (Å²) >= 11 is 0. The van der Waals surface area contributed by atoms with Gasteiger partial charge in [-0.2, -0.15) is 0 Å². The van der Waals surface area contributed by atoms with Gasteiger partial charge in [-0.3, -0.25) is 9.59 Å². The smallest absolute Gasteiger partial charge is 0.225 e. The molecule has 5 nitrogen and oxygen atoms in total. The zero-order chi connectivity index (χ0) is 13.9. The van der Waals surface area contributed by atoms with E-state index >= 15 is 0 Å². The third-order valence-electron chi connectivity index (χ3n) is 4.55. The first kappa shape index (κ1) is 14.3. The van der Waals surface area contributed by atoms with Gasteiger partial charge in [0.15, 0.2) is 0 Å². The Morgan fingerprint density at radius 2 is 2.16 bits per heavy atom. The monoisotopic (exact) mass is 268 g/mol. The predicted molar refractivity (Wildman–Crippen MR) is 71.3 cm³/mol. The van der Waals surface area contributed by atoms with Gasteiger partial charge in [-0.15, -0.1) is 0 Å². The van der Waals surface area contributed by atoms with Crippen LogP contribution in [0.25, 0.3) is 0 Å². The van der Waals surface area contributed by atoms with Gasteiger partial charge < -0.3 is 15.7 Å². The first-order valence-electron chi connectivity index (χ1n) is 7.29. The highest BCUT2D eigenvalue weighted by Crippen LogP contribution is 2.33. The standard InChI is InChI=1S/C14H24N2O3/c1-2-10-3-5-14(19,6-4-10)9-16-13(18)11-7-12(17)15-8-11/h10-11,19H,2-9H2,1H3,(H,15,17)(H,16,18). The number of carbonyl (C=O) groups is 2. The lowest BCUT2D eigenvalue weighted by atomic mass is 9.78. The molecule has 0 bridgehead atoms. The van der Waals surface area contributed by atoms with Crippen LogP contribution in [0.1, 0.15) is 45.4 Å². The van der Waals surface area contributed by atoms with Crippen molar-refractivity contribution in [2.45, 2.75) is 51.0 Å². The third kappa shape index (κ3) is 3.69. The van der Waals surface area contributed by atoms with Crippen LogP contribution < -0.4 is 10.6 Å².